The van der Waals surface area contributed by atoms with E-state index in [1.54, 1.807) is 0 Å². The van der Waals surface area contributed by atoms with E-state index in [1.165, 1.54) is 7.11 Å². The van der Waals surface area contributed by atoms with Crippen LogP contribution >= 0.6 is 0 Å². The maximum atomic E-state index is 11.6. The summed E-state index contributed by atoms with van der Waals surface area (Å²) in [7, 11) is 1.36. The van der Waals surface area contributed by atoms with Gasteiger partial charge in [0.1, 0.15) is 0 Å². The molecule has 0 bridgehead atoms. The maximum Gasteiger partial charge on any atom is 0.305 e. The molecule has 1 aliphatic heterocycles. The number of piperidine rings is 1. The molecule has 1 rings (SSSR count). The predicted molar refractivity (Wildman–Crippen MR) is 67.9 cm³/mol. The smallest absolute Gasteiger partial charge is 0.305 e. The van der Waals surface area contributed by atoms with Crippen LogP contribution in [0.2, 0.25) is 0 Å². The van der Waals surface area contributed by atoms with E-state index in [1.807, 2.05) is 0 Å². The van der Waals surface area contributed by atoms with E-state index in [9.17, 15) is 9.59 Å². The van der Waals surface area contributed by atoms with Crippen molar-refractivity contribution in [3.63, 3.8) is 0 Å². The molecule has 0 aliphatic carbocycles. The Morgan fingerprint density at radius 2 is 2.28 bits per heavy atom. The fourth-order valence-corrected chi connectivity index (χ4v) is 2.06. The van der Waals surface area contributed by atoms with Crippen LogP contribution in [0.15, 0.2) is 0 Å². The summed E-state index contributed by atoms with van der Waals surface area (Å²) in [5.74, 6) is -0.250. The summed E-state index contributed by atoms with van der Waals surface area (Å²) in [6.45, 7) is 2.62. The molecule has 6 heteroatoms. The zero-order chi connectivity index (χ0) is 13.4. The van der Waals surface area contributed by atoms with Crippen LogP contribution in [0.3, 0.4) is 0 Å². The van der Waals surface area contributed by atoms with Crippen LogP contribution in [-0.4, -0.2) is 56.1 Å². The van der Waals surface area contributed by atoms with Crippen molar-refractivity contribution >= 4 is 11.9 Å². The molecule has 0 aromatic carbocycles. The third-order valence-electron chi connectivity index (χ3n) is 3.02. The van der Waals surface area contributed by atoms with Crippen LogP contribution in [-0.2, 0) is 14.3 Å². The minimum absolute atomic E-state index is 0.00559. The Morgan fingerprint density at radius 1 is 1.50 bits per heavy atom. The number of carbonyl (C=O) groups is 2. The van der Waals surface area contributed by atoms with E-state index in [0.717, 1.165) is 25.9 Å². The average molecular weight is 257 g/mol. The van der Waals surface area contributed by atoms with Gasteiger partial charge in [0, 0.05) is 25.6 Å². The molecule has 0 aromatic rings. The normalized spacial score (nSPS) is 20.4. The molecule has 0 aromatic heterocycles. The van der Waals surface area contributed by atoms with E-state index in [-0.39, 0.29) is 17.9 Å². The number of nitrogens with one attached hydrogen (secondary N) is 1. The highest BCUT2D eigenvalue weighted by Gasteiger charge is 2.18. The van der Waals surface area contributed by atoms with E-state index in [2.05, 4.69) is 15.0 Å². The molecule has 6 nitrogen and oxygen atoms in total. The van der Waals surface area contributed by atoms with Gasteiger partial charge >= 0.3 is 5.97 Å². The van der Waals surface area contributed by atoms with Crippen molar-refractivity contribution in [3.05, 3.63) is 0 Å². The largest absolute Gasteiger partial charge is 0.469 e. The lowest BCUT2D eigenvalue weighted by molar-refractivity contribution is -0.140. The number of nitrogens with zero attached hydrogens (tertiary/aromatic N) is 1. The number of hydrogen-bond acceptors (Lipinski definition) is 5. The molecular weight excluding hydrogens is 234 g/mol. The van der Waals surface area contributed by atoms with Crippen LogP contribution in [0.5, 0.6) is 0 Å². The molecule has 18 heavy (non-hydrogen) atoms. The molecule has 104 valence electrons. The second-order valence-corrected chi connectivity index (χ2v) is 4.67. The van der Waals surface area contributed by atoms with Crippen LogP contribution in [0.1, 0.15) is 25.7 Å². The number of amides is 1. The van der Waals surface area contributed by atoms with Crippen molar-refractivity contribution in [1.29, 1.82) is 0 Å². The van der Waals surface area contributed by atoms with Crippen LogP contribution in [0, 0.1) is 0 Å². The van der Waals surface area contributed by atoms with Crippen LogP contribution < -0.4 is 11.1 Å². The van der Waals surface area contributed by atoms with Gasteiger partial charge in [-0.25, -0.2) is 0 Å². The molecule has 0 radical (unpaired) electrons. The van der Waals surface area contributed by atoms with E-state index >= 15 is 0 Å². The van der Waals surface area contributed by atoms with E-state index in [0.29, 0.717) is 25.9 Å². The molecule has 1 aliphatic rings. The third-order valence-corrected chi connectivity index (χ3v) is 3.02. The summed E-state index contributed by atoms with van der Waals surface area (Å²) in [4.78, 5) is 24.5. The van der Waals surface area contributed by atoms with Gasteiger partial charge in [-0.1, -0.05) is 0 Å². The van der Waals surface area contributed by atoms with Gasteiger partial charge in [-0.05, 0) is 25.8 Å². The molecular formula is C12H23N3O3. The number of ether oxygens (including phenoxy) is 1. The standard InChI is InChI=1S/C12H23N3O3/c1-18-12(17)5-2-6-14-11(16)9-15-7-3-4-10(13)8-15/h10H,2-9,13H2,1H3,(H,14,16). The first-order valence-corrected chi connectivity index (χ1v) is 6.43. The Morgan fingerprint density at radius 3 is 2.94 bits per heavy atom. The molecule has 1 unspecified atom stereocenters. The Hall–Kier alpha value is -1.14. The van der Waals surface area contributed by atoms with Crippen molar-refractivity contribution in [2.45, 2.75) is 31.7 Å². The topological polar surface area (TPSA) is 84.7 Å². The third kappa shape index (κ3) is 5.97. The summed E-state index contributed by atoms with van der Waals surface area (Å²) in [5, 5.41) is 2.80. The summed E-state index contributed by atoms with van der Waals surface area (Å²) in [6.07, 6.45) is 3.04. The van der Waals surface area contributed by atoms with Gasteiger partial charge in [-0.15, -0.1) is 0 Å². The number of likely N-dealkylation sites (tertiary alicyclic amines) is 1. The van der Waals surface area contributed by atoms with E-state index < -0.39 is 0 Å². The van der Waals surface area contributed by atoms with Crippen molar-refractivity contribution in [2.24, 2.45) is 5.73 Å². The monoisotopic (exact) mass is 257 g/mol. The zero-order valence-electron chi connectivity index (χ0n) is 11.0. The number of rotatable bonds is 6. The average Bonchev–Trinajstić information content (AvgIpc) is 2.34. The fraction of sp³-hybridized carbons (Fsp3) is 0.833. The number of nitrogens with two attached hydrogens (primary N) is 1. The first-order valence-electron chi connectivity index (χ1n) is 6.43. The summed E-state index contributed by atoms with van der Waals surface area (Å²) < 4.78 is 4.52. The van der Waals surface area contributed by atoms with Gasteiger partial charge < -0.3 is 15.8 Å². The Kier molecular flexibility index (Phi) is 6.67. The molecule has 0 saturated carbocycles. The van der Waals surface area contributed by atoms with Gasteiger partial charge in [0.25, 0.3) is 0 Å². The minimum atomic E-state index is -0.244. The lowest BCUT2D eigenvalue weighted by atomic mass is 10.1. The van der Waals surface area contributed by atoms with Gasteiger partial charge in [0.2, 0.25) is 5.91 Å². The number of carbonyl (C=O) groups excluding carboxylic acids is 2. The highest BCUT2D eigenvalue weighted by molar-refractivity contribution is 5.78. The molecule has 1 atom stereocenters. The maximum absolute atomic E-state index is 11.6. The number of hydrogen-bond donors (Lipinski definition) is 2. The first-order chi connectivity index (χ1) is 8.61. The molecule has 1 fully saturated rings. The Balaban J connectivity index is 2.08. The second-order valence-electron chi connectivity index (χ2n) is 4.67. The van der Waals surface area contributed by atoms with E-state index in [4.69, 9.17) is 5.73 Å². The van der Waals surface area contributed by atoms with Crippen molar-refractivity contribution < 1.29 is 14.3 Å². The fourth-order valence-electron chi connectivity index (χ4n) is 2.06. The molecule has 3 N–H and O–H groups in total. The second kappa shape index (κ2) is 8.05. The van der Waals surface area contributed by atoms with Gasteiger partial charge in [0.15, 0.2) is 0 Å². The SMILES string of the molecule is COC(=O)CCCNC(=O)CN1CCCC(N)C1. The molecule has 0 spiro atoms. The van der Waals surface area contributed by atoms with Crippen LogP contribution in [0.4, 0.5) is 0 Å². The highest BCUT2D eigenvalue weighted by Crippen LogP contribution is 2.07. The van der Waals surface area contributed by atoms with Crippen molar-refractivity contribution in [3.8, 4) is 0 Å². The zero-order valence-corrected chi connectivity index (χ0v) is 11.0. The molecule has 1 heterocycles. The summed E-state index contributed by atoms with van der Waals surface area (Å²) in [6, 6.07) is 0.186. The molecule has 1 amide bonds. The first kappa shape index (κ1) is 14.9. The molecule has 1 saturated heterocycles. The quantitative estimate of drug-likeness (QED) is 0.494. The van der Waals surface area contributed by atoms with Crippen molar-refractivity contribution in [1.82, 2.24) is 10.2 Å². The predicted octanol–water partition coefficient (Wildman–Crippen LogP) is -0.521. The summed E-state index contributed by atoms with van der Waals surface area (Å²) >= 11 is 0. The summed E-state index contributed by atoms with van der Waals surface area (Å²) in [5.41, 5.74) is 5.85. The lowest BCUT2D eigenvalue weighted by Crippen LogP contribution is -2.47. The Bertz CT molecular complexity index is 284. The number of methoxy groups -OCH3 is 1. The Labute approximate surface area is 108 Å². The lowest BCUT2D eigenvalue weighted by Gasteiger charge is -2.29. The number of esters is 1. The highest BCUT2D eigenvalue weighted by atomic mass is 16.5. The minimum Gasteiger partial charge on any atom is -0.469 e. The van der Waals surface area contributed by atoms with Gasteiger partial charge in [-0.2, -0.15) is 0 Å². The van der Waals surface area contributed by atoms with Crippen molar-refractivity contribution in [2.75, 3.05) is 33.3 Å². The van der Waals surface area contributed by atoms with Gasteiger partial charge in [0.05, 0.1) is 13.7 Å². The van der Waals surface area contributed by atoms with Crippen LogP contribution in [0.25, 0.3) is 0 Å². The van der Waals surface area contributed by atoms with Gasteiger partial charge in [-0.3, -0.25) is 14.5 Å².